The van der Waals surface area contributed by atoms with E-state index in [1.54, 1.807) is 0 Å². The van der Waals surface area contributed by atoms with E-state index in [0.29, 0.717) is 19.1 Å². The van der Waals surface area contributed by atoms with Gasteiger partial charge in [0.05, 0.1) is 0 Å². The fourth-order valence-electron chi connectivity index (χ4n) is 2.60. The van der Waals surface area contributed by atoms with E-state index < -0.39 is 5.97 Å². The van der Waals surface area contributed by atoms with Gasteiger partial charge in [0.15, 0.2) is 0 Å². The monoisotopic (exact) mass is 256 g/mol. The van der Waals surface area contributed by atoms with Crippen molar-refractivity contribution in [1.29, 1.82) is 0 Å². The number of likely N-dealkylation sites (N-methyl/N-ethyl adjacent to an activating group) is 1. The maximum Gasteiger partial charge on any atom is 0.323 e. The van der Waals surface area contributed by atoms with Gasteiger partial charge in [-0.15, -0.1) is 0 Å². The van der Waals surface area contributed by atoms with Crippen LogP contribution in [0.4, 0.5) is 4.79 Å². The molecule has 0 aromatic heterocycles. The fraction of sp³-hybridized carbons (Fsp3) is 0.846. The van der Waals surface area contributed by atoms with E-state index in [4.69, 9.17) is 5.11 Å². The Hall–Kier alpha value is -1.26. The number of hydrogen-bond donors (Lipinski definition) is 1. The van der Waals surface area contributed by atoms with E-state index in [1.165, 1.54) is 24.2 Å². The van der Waals surface area contributed by atoms with Crippen LogP contribution in [-0.4, -0.2) is 52.6 Å². The van der Waals surface area contributed by atoms with Crippen LogP contribution in [0.5, 0.6) is 0 Å². The van der Waals surface area contributed by atoms with E-state index in [0.717, 1.165) is 12.8 Å². The Bertz CT molecular complexity index is 288. The van der Waals surface area contributed by atoms with Crippen molar-refractivity contribution in [3.63, 3.8) is 0 Å². The molecule has 1 aliphatic rings. The molecule has 1 N–H and O–H groups in total. The molecule has 0 saturated heterocycles. The molecule has 5 heteroatoms. The highest BCUT2D eigenvalue weighted by molar-refractivity contribution is 5.80. The minimum Gasteiger partial charge on any atom is -0.480 e. The van der Waals surface area contributed by atoms with Gasteiger partial charge in [0.2, 0.25) is 0 Å². The molecular formula is C13H24N2O3. The lowest BCUT2D eigenvalue weighted by Crippen LogP contribution is -2.50. The van der Waals surface area contributed by atoms with Gasteiger partial charge in [-0.2, -0.15) is 0 Å². The number of rotatable bonds is 5. The summed E-state index contributed by atoms with van der Waals surface area (Å²) in [5, 5.41) is 8.82. The number of hydrogen-bond acceptors (Lipinski definition) is 2. The van der Waals surface area contributed by atoms with E-state index in [1.807, 2.05) is 18.7 Å². The highest BCUT2D eigenvalue weighted by atomic mass is 16.4. The van der Waals surface area contributed by atoms with Crippen molar-refractivity contribution < 1.29 is 14.7 Å². The molecule has 0 atom stereocenters. The summed E-state index contributed by atoms with van der Waals surface area (Å²) in [5.74, 6) is -0.954. The SMILES string of the molecule is CCN(CC(=O)O)C(=O)N(CC)C1CCCCC1. The summed E-state index contributed by atoms with van der Waals surface area (Å²) in [5.41, 5.74) is 0. The van der Waals surface area contributed by atoms with Crippen LogP contribution in [-0.2, 0) is 4.79 Å². The van der Waals surface area contributed by atoms with Crippen molar-refractivity contribution in [3.8, 4) is 0 Å². The number of urea groups is 1. The summed E-state index contributed by atoms with van der Waals surface area (Å²) in [7, 11) is 0. The van der Waals surface area contributed by atoms with Gasteiger partial charge in [0.25, 0.3) is 0 Å². The molecule has 0 heterocycles. The first-order valence-corrected chi connectivity index (χ1v) is 6.87. The Balaban J connectivity index is 2.66. The minimum absolute atomic E-state index is 0.130. The predicted molar refractivity (Wildman–Crippen MR) is 69.5 cm³/mol. The molecule has 0 bridgehead atoms. The number of nitrogens with zero attached hydrogens (tertiary/aromatic N) is 2. The Morgan fingerprint density at radius 3 is 2.17 bits per heavy atom. The summed E-state index contributed by atoms with van der Waals surface area (Å²) in [6.07, 6.45) is 5.67. The average molecular weight is 256 g/mol. The third-order valence-electron chi connectivity index (χ3n) is 3.58. The first-order chi connectivity index (χ1) is 8.60. The van der Waals surface area contributed by atoms with Gasteiger partial charge in [0, 0.05) is 19.1 Å². The Morgan fingerprint density at radius 1 is 1.11 bits per heavy atom. The van der Waals surface area contributed by atoms with Crippen molar-refractivity contribution in [3.05, 3.63) is 0 Å². The van der Waals surface area contributed by atoms with E-state index in [2.05, 4.69) is 0 Å². The molecule has 5 nitrogen and oxygen atoms in total. The van der Waals surface area contributed by atoms with Crippen LogP contribution in [0.3, 0.4) is 0 Å². The summed E-state index contributed by atoms with van der Waals surface area (Å²) < 4.78 is 0. The summed E-state index contributed by atoms with van der Waals surface area (Å²) in [6.45, 7) is 4.66. The first kappa shape index (κ1) is 14.8. The van der Waals surface area contributed by atoms with E-state index in [9.17, 15) is 9.59 Å². The molecule has 0 radical (unpaired) electrons. The number of amides is 2. The van der Waals surface area contributed by atoms with Crippen molar-refractivity contribution in [2.45, 2.75) is 52.0 Å². The first-order valence-electron chi connectivity index (χ1n) is 6.87. The van der Waals surface area contributed by atoms with Crippen LogP contribution < -0.4 is 0 Å². The van der Waals surface area contributed by atoms with Gasteiger partial charge in [-0.1, -0.05) is 19.3 Å². The Morgan fingerprint density at radius 2 is 1.72 bits per heavy atom. The van der Waals surface area contributed by atoms with Crippen molar-refractivity contribution in [1.82, 2.24) is 9.80 Å². The third kappa shape index (κ3) is 3.89. The molecule has 0 spiro atoms. The fourth-order valence-corrected chi connectivity index (χ4v) is 2.60. The quantitative estimate of drug-likeness (QED) is 0.820. The van der Waals surface area contributed by atoms with Gasteiger partial charge in [-0.25, -0.2) is 4.79 Å². The van der Waals surface area contributed by atoms with E-state index in [-0.39, 0.29) is 12.6 Å². The topological polar surface area (TPSA) is 60.9 Å². The molecule has 1 fully saturated rings. The number of carbonyl (C=O) groups is 2. The molecule has 104 valence electrons. The zero-order chi connectivity index (χ0) is 13.5. The van der Waals surface area contributed by atoms with Crippen LogP contribution in [0.1, 0.15) is 46.0 Å². The van der Waals surface area contributed by atoms with Gasteiger partial charge in [0.1, 0.15) is 6.54 Å². The Labute approximate surface area is 109 Å². The second-order valence-electron chi connectivity index (χ2n) is 4.77. The lowest BCUT2D eigenvalue weighted by atomic mass is 9.94. The largest absolute Gasteiger partial charge is 0.480 e. The summed E-state index contributed by atoms with van der Waals surface area (Å²) in [4.78, 5) is 26.3. The van der Waals surface area contributed by atoms with Crippen LogP contribution in [0.15, 0.2) is 0 Å². The average Bonchev–Trinajstić information content (AvgIpc) is 2.37. The van der Waals surface area contributed by atoms with E-state index >= 15 is 0 Å². The number of carboxylic acids is 1. The summed E-state index contributed by atoms with van der Waals surface area (Å²) in [6, 6.07) is 0.161. The van der Waals surface area contributed by atoms with Crippen LogP contribution in [0, 0.1) is 0 Å². The van der Waals surface area contributed by atoms with Crippen molar-refractivity contribution >= 4 is 12.0 Å². The molecule has 1 saturated carbocycles. The standard InChI is InChI=1S/C13H24N2O3/c1-3-14(10-12(16)17)13(18)15(4-2)11-8-6-5-7-9-11/h11H,3-10H2,1-2H3,(H,16,17). The Kier molecular flexibility index (Phi) is 5.95. The maximum absolute atomic E-state index is 12.3. The van der Waals surface area contributed by atoms with Crippen LogP contribution in [0.2, 0.25) is 0 Å². The molecule has 2 amide bonds. The number of aliphatic carboxylic acids is 1. The number of carboxylic acid groups (broad SMARTS) is 1. The highest BCUT2D eigenvalue weighted by Gasteiger charge is 2.27. The van der Waals surface area contributed by atoms with Gasteiger partial charge >= 0.3 is 12.0 Å². The van der Waals surface area contributed by atoms with Crippen LogP contribution in [0.25, 0.3) is 0 Å². The maximum atomic E-state index is 12.3. The summed E-state index contributed by atoms with van der Waals surface area (Å²) >= 11 is 0. The zero-order valence-electron chi connectivity index (χ0n) is 11.4. The second kappa shape index (κ2) is 7.24. The third-order valence-corrected chi connectivity index (χ3v) is 3.58. The molecular weight excluding hydrogens is 232 g/mol. The van der Waals surface area contributed by atoms with Crippen molar-refractivity contribution in [2.75, 3.05) is 19.6 Å². The molecule has 18 heavy (non-hydrogen) atoms. The van der Waals surface area contributed by atoms with Crippen molar-refractivity contribution in [2.24, 2.45) is 0 Å². The predicted octanol–water partition coefficient (Wildman–Crippen LogP) is 2.17. The minimum atomic E-state index is -0.954. The van der Waals surface area contributed by atoms with Gasteiger partial charge < -0.3 is 14.9 Å². The number of carbonyl (C=O) groups excluding carboxylic acids is 1. The molecule has 0 aromatic rings. The van der Waals surface area contributed by atoms with Gasteiger partial charge in [-0.05, 0) is 26.7 Å². The normalized spacial score (nSPS) is 16.3. The highest BCUT2D eigenvalue weighted by Crippen LogP contribution is 2.23. The molecule has 1 rings (SSSR count). The molecule has 0 unspecified atom stereocenters. The van der Waals surface area contributed by atoms with Crippen LogP contribution >= 0.6 is 0 Å². The zero-order valence-corrected chi connectivity index (χ0v) is 11.4. The smallest absolute Gasteiger partial charge is 0.323 e. The molecule has 0 aliphatic heterocycles. The second-order valence-corrected chi connectivity index (χ2v) is 4.77. The molecule has 1 aliphatic carbocycles. The molecule has 0 aromatic carbocycles. The lowest BCUT2D eigenvalue weighted by Gasteiger charge is -2.36. The van der Waals surface area contributed by atoms with Gasteiger partial charge in [-0.3, -0.25) is 4.79 Å². The lowest BCUT2D eigenvalue weighted by molar-refractivity contribution is -0.137.